The molecule has 0 bridgehead atoms. The molecule has 0 saturated heterocycles. The number of hydrogen-bond acceptors (Lipinski definition) is 3. The van der Waals surface area contributed by atoms with E-state index < -0.39 is 6.04 Å². The molecule has 2 aromatic carbocycles. The molecule has 128 valence electrons. The maximum absolute atomic E-state index is 12.9. The number of ether oxygens (including phenoxy) is 1. The van der Waals surface area contributed by atoms with Gasteiger partial charge in [-0.1, -0.05) is 18.2 Å². The highest BCUT2D eigenvalue weighted by Gasteiger charge is 2.14. The number of nitrogens with one attached hydrogen (secondary N) is 2. The molecule has 0 saturated carbocycles. The average molecular weight is 330 g/mol. The maximum Gasteiger partial charge on any atom is 0.242 e. The van der Waals surface area contributed by atoms with Crippen molar-refractivity contribution in [2.75, 3.05) is 19.0 Å². The monoisotopic (exact) mass is 330 g/mol. The summed E-state index contributed by atoms with van der Waals surface area (Å²) in [7, 11) is 1.60. The molecule has 0 radical (unpaired) electrons. The molecule has 0 aliphatic rings. The van der Waals surface area contributed by atoms with E-state index in [1.54, 1.807) is 26.2 Å². The van der Waals surface area contributed by atoms with Crippen LogP contribution < -0.4 is 15.4 Å². The molecule has 5 heteroatoms. The molecule has 0 aliphatic heterocycles. The molecule has 1 amide bonds. The number of rotatable bonds is 7. The van der Waals surface area contributed by atoms with Gasteiger partial charge in [0.1, 0.15) is 17.6 Å². The van der Waals surface area contributed by atoms with Gasteiger partial charge in [-0.2, -0.15) is 0 Å². The van der Waals surface area contributed by atoms with Gasteiger partial charge < -0.3 is 15.4 Å². The maximum atomic E-state index is 12.9. The van der Waals surface area contributed by atoms with E-state index in [2.05, 4.69) is 10.6 Å². The Morgan fingerprint density at radius 2 is 1.92 bits per heavy atom. The van der Waals surface area contributed by atoms with Crippen LogP contribution in [0.2, 0.25) is 0 Å². The summed E-state index contributed by atoms with van der Waals surface area (Å²) in [6, 6.07) is 11.7. The highest BCUT2D eigenvalue weighted by molar-refractivity contribution is 5.84. The van der Waals surface area contributed by atoms with Crippen molar-refractivity contribution < 1.29 is 13.9 Å². The summed E-state index contributed by atoms with van der Waals surface area (Å²) in [5.41, 5.74) is 2.86. The van der Waals surface area contributed by atoms with Crippen LogP contribution in [0.4, 0.5) is 10.1 Å². The van der Waals surface area contributed by atoms with E-state index >= 15 is 0 Å². The third-order valence-corrected chi connectivity index (χ3v) is 3.75. The second kappa shape index (κ2) is 8.34. The fraction of sp³-hybridized carbons (Fsp3) is 0.316. The van der Waals surface area contributed by atoms with Crippen molar-refractivity contribution in [2.45, 2.75) is 26.3 Å². The quantitative estimate of drug-likeness (QED) is 0.819. The van der Waals surface area contributed by atoms with Gasteiger partial charge in [0.15, 0.2) is 0 Å². The van der Waals surface area contributed by atoms with E-state index in [9.17, 15) is 9.18 Å². The van der Waals surface area contributed by atoms with E-state index in [0.29, 0.717) is 18.7 Å². The predicted octanol–water partition coefficient (Wildman–Crippen LogP) is 3.30. The van der Waals surface area contributed by atoms with E-state index in [-0.39, 0.29) is 11.7 Å². The van der Waals surface area contributed by atoms with Gasteiger partial charge in [-0.05, 0) is 55.7 Å². The first-order valence-corrected chi connectivity index (χ1v) is 7.93. The molecule has 0 spiro atoms. The largest absolute Gasteiger partial charge is 0.495 e. The smallest absolute Gasteiger partial charge is 0.242 e. The number of carbonyl (C=O) groups is 1. The standard InChI is InChI=1S/C19H23FN2O2/c1-13-4-9-18(24-3)17(12-13)22-14(2)19(23)21-11-10-15-5-7-16(20)8-6-15/h4-9,12,14,22H,10-11H2,1-3H3,(H,21,23). The minimum Gasteiger partial charge on any atom is -0.495 e. The Balaban J connectivity index is 1.86. The van der Waals surface area contributed by atoms with Gasteiger partial charge in [0, 0.05) is 6.54 Å². The van der Waals surface area contributed by atoms with Crippen LogP contribution >= 0.6 is 0 Å². The average Bonchev–Trinajstić information content (AvgIpc) is 2.56. The van der Waals surface area contributed by atoms with Crippen molar-refractivity contribution in [3.63, 3.8) is 0 Å². The third kappa shape index (κ3) is 4.98. The molecule has 1 atom stereocenters. The Kier molecular flexibility index (Phi) is 6.18. The van der Waals surface area contributed by atoms with Crippen LogP contribution in [-0.4, -0.2) is 25.6 Å². The third-order valence-electron chi connectivity index (χ3n) is 3.75. The molecule has 2 N–H and O–H groups in total. The van der Waals surface area contributed by atoms with Gasteiger partial charge in [-0.25, -0.2) is 4.39 Å². The first-order valence-electron chi connectivity index (χ1n) is 7.93. The SMILES string of the molecule is COc1ccc(C)cc1NC(C)C(=O)NCCc1ccc(F)cc1. The van der Waals surface area contributed by atoms with Crippen molar-refractivity contribution in [3.8, 4) is 5.75 Å². The molecule has 2 rings (SSSR count). The molecular weight excluding hydrogens is 307 g/mol. The van der Waals surface area contributed by atoms with Crippen LogP contribution in [0.3, 0.4) is 0 Å². The van der Waals surface area contributed by atoms with Crippen LogP contribution in [0.1, 0.15) is 18.1 Å². The van der Waals surface area contributed by atoms with Gasteiger partial charge in [0.25, 0.3) is 0 Å². The molecule has 2 aromatic rings. The van der Waals surface area contributed by atoms with Gasteiger partial charge in [0.05, 0.1) is 12.8 Å². The summed E-state index contributed by atoms with van der Waals surface area (Å²) in [6.07, 6.45) is 0.659. The topological polar surface area (TPSA) is 50.4 Å². The predicted molar refractivity (Wildman–Crippen MR) is 93.9 cm³/mol. The fourth-order valence-corrected chi connectivity index (χ4v) is 2.37. The van der Waals surface area contributed by atoms with Crippen molar-refractivity contribution in [3.05, 3.63) is 59.4 Å². The Labute approximate surface area is 142 Å². The van der Waals surface area contributed by atoms with E-state index in [1.807, 2.05) is 25.1 Å². The lowest BCUT2D eigenvalue weighted by Gasteiger charge is -2.18. The molecule has 0 heterocycles. The van der Waals surface area contributed by atoms with E-state index in [4.69, 9.17) is 4.74 Å². The first kappa shape index (κ1) is 17.8. The number of halogens is 1. The Bertz CT molecular complexity index is 686. The van der Waals surface area contributed by atoms with Crippen molar-refractivity contribution in [1.29, 1.82) is 0 Å². The van der Waals surface area contributed by atoms with E-state index in [1.165, 1.54) is 12.1 Å². The zero-order chi connectivity index (χ0) is 17.5. The van der Waals surface area contributed by atoms with E-state index in [0.717, 1.165) is 16.8 Å². The summed E-state index contributed by atoms with van der Waals surface area (Å²) in [5, 5.41) is 6.05. The molecule has 0 fully saturated rings. The normalized spacial score (nSPS) is 11.7. The zero-order valence-electron chi connectivity index (χ0n) is 14.2. The van der Waals surface area contributed by atoms with Crippen LogP contribution in [-0.2, 0) is 11.2 Å². The van der Waals surface area contributed by atoms with Crippen LogP contribution in [0, 0.1) is 12.7 Å². The molecular formula is C19H23FN2O2. The van der Waals surface area contributed by atoms with Crippen LogP contribution in [0.25, 0.3) is 0 Å². The lowest BCUT2D eigenvalue weighted by atomic mass is 10.1. The Morgan fingerprint density at radius 1 is 1.21 bits per heavy atom. The Hall–Kier alpha value is -2.56. The fourth-order valence-electron chi connectivity index (χ4n) is 2.37. The number of aryl methyl sites for hydroxylation is 1. The second-order valence-electron chi connectivity index (χ2n) is 5.74. The highest BCUT2D eigenvalue weighted by atomic mass is 19.1. The number of anilines is 1. The van der Waals surface area contributed by atoms with Crippen molar-refractivity contribution in [2.24, 2.45) is 0 Å². The molecule has 1 unspecified atom stereocenters. The van der Waals surface area contributed by atoms with Gasteiger partial charge >= 0.3 is 0 Å². The van der Waals surface area contributed by atoms with Gasteiger partial charge in [0.2, 0.25) is 5.91 Å². The number of benzene rings is 2. The lowest BCUT2D eigenvalue weighted by molar-refractivity contribution is -0.121. The summed E-state index contributed by atoms with van der Waals surface area (Å²) < 4.78 is 18.2. The summed E-state index contributed by atoms with van der Waals surface area (Å²) >= 11 is 0. The minimum atomic E-state index is -0.395. The highest BCUT2D eigenvalue weighted by Crippen LogP contribution is 2.25. The lowest BCUT2D eigenvalue weighted by Crippen LogP contribution is -2.38. The van der Waals surface area contributed by atoms with Gasteiger partial charge in [-0.3, -0.25) is 4.79 Å². The summed E-state index contributed by atoms with van der Waals surface area (Å²) in [4.78, 5) is 12.2. The van der Waals surface area contributed by atoms with Crippen LogP contribution in [0.15, 0.2) is 42.5 Å². The van der Waals surface area contributed by atoms with Crippen molar-refractivity contribution in [1.82, 2.24) is 5.32 Å². The second-order valence-corrected chi connectivity index (χ2v) is 5.74. The first-order chi connectivity index (χ1) is 11.5. The molecule has 24 heavy (non-hydrogen) atoms. The van der Waals surface area contributed by atoms with Crippen molar-refractivity contribution >= 4 is 11.6 Å². The van der Waals surface area contributed by atoms with Crippen LogP contribution in [0.5, 0.6) is 5.75 Å². The molecule has 0 aliphatic carbocycles. The number of hydrogen-bond donors (Lipinski definition) is 2. The summed E-state index contributed by atoms with van der Waals surface area (Å²) in [5.74, 6) is 0.347. The number of methoxy groups -OCH3 is 1. The number of amides is 1. The number of carbonyl (C=O) groups excluding carboxylic acids is 1. The molecule has 4 nitrogen and oxygen atoms in total. The van der Waals surface area contributed by atoms with Gasteiger partial charge in [-0.15, -0.1) is 0 Å². The zero-order valence-corrected chi connectivity index (χ0v) is 14.2. The molecule has 0 aromatic heterocycles. The Morgan fingerprint density at radius 3 is 2.58 bits per heavy atom. The minimum absolute atomic E-state index is 0.0966. The summed E-state index contributed by atoms with van der Waals surface area (Å²) in [6.45, 7) is 4.29.